The van der Waals surface area contributed by atoms with Gasteiger partial charge in [0.15, 0.2) is 0 Å². The van der Waals surface area contributed by atoms with E-state index in [4.69, 9.17) is 9.47 Å². The van der Waals surface area contributed by atoms with Gasteiger partial charge in [-0.05, 0) is 39.5 Å². The molecule has 3 fully saturated rings. The lowest BCUT2D eigenvalue weighted by Gasteiger charge is -2.51. The highest BCUT2D eigenvalue weighted by Crippen LogP contribution is 2.43. The molecule has 5 heteroatoms. The van der Waals surface area contributed by atoms with E-state index in [9.17, 15) is 9.90 Å². The molecule has 0 aromatic carbocycles. The number of ether oxygens (including phenoxy) is 2. The van der Waals surface area contributed by atoms with E-state index in [2.05, 4.69) is 5.32 Å². The normalized spacial score (nSPS) is 36.0. The van der Waals surface area contributed by atoms with Crippen molar-refractivity contribution in [1.82, 2.24) is 5.32 Å². The van der Waals surface area contributed by atoms with Crippen molar-refractivity contribution in [2.45, 2.75) is 50.9 Å². The number of carbonyl (C=O) groups excluding carboxylic acids is 1. The molecule has 0 spiro atoms. The molecule has 2 heterocycles. The fourth-order valence-corrected chi connectivity index (χ4v) is 2.26. The van der Waals surface area contributed by atoms with E-state index in [0.717, 1.165) is 12.8 Å². The zero-order chi connectivity index (χ0) is 12.7. The molecular formula is C12H21NO4. The molecule has 2 saturated heterocycles. The van der Waals surface area contributed by atoms with Gasteiger partial charge in [0, 0.05) is 0 Å². The molecule has 1 aliphatic carbocycles. The van der Waals surface area contributed by atoms with Crippen molar-refractivity contribution in [2.75, 3.05) is 13.2 Å². The summed E-state index contributed by atoms with van der Waals surface area (Å²) in [5.41, 5.74) is -1.44. The Hall–Kier alpha value is -0.810. The van der Waals surface area contributed by atoms with Gasteiger partial charge in [0.05, 0.1) is 19.3 Å². The molecule has 3 rings (SSSR count). The van der Waals surface area contributed by atoms with Crippen LogP contribution in [0.2, 0.25) is 0 Å². The summed E-state index contributed by atoms with van der Waals surface area (Å²) in [7, 11) is 0. The standard InChI is InChI=1S/C12H21NO4/c1-11(2,3)17-10(14)13-6-12(15)7-16-9-4-8(12)5-9/h8-9,15H,4-7H2,1-3H3,(H,13,14). The minimum Gasteiger partial charge on any atom is -0.444 e. The van der Waals surface area contributed by atoms with Gasteiger partial charge in [-0.1, -0.05) is 0 Å². The Balaban J connectivity index is 1.79. The van der Waals surface area contributed by atoms with Gasteiger partial charge < -0.3 is 19.9 Å². The number of alkyl carbamates (subject to hydrolysis) is 1. The van der Waals surface area contributed by atoms with E-state index in [0.29, 0.717) is 12.7 Å². The SMILES string of the molecule is CC(C)(C)OC(=O)NCC1(O)COC2CC1C2. The van der Waals surface area contributed by atoms with Gasteiger partial charge in [-0.3, -0.25) is 0 Å². The van der Waals surface area contributed by atoms with Crippen LogP contribution >= 0.6 is 0 Å². The van der Waals surface area contributed by atoms with Gasteiger partial charge in [-0.25, -0.2) is 4.79 Å². The number of hydrogen-bond donors (Lipinski definition) is 2. The molecule has 3 aliphatic rings. The summed E-state index contributed by atoms with van der Waals surface area (Å²) in [5, 5.41) is 12.9. The lowest BCUT2D eigenvalue weighted by molar-refractivity contribution is -0.214. The van der Waals surface area contributed by atoms with Gasteiger partial charge >= 0.3 is 6.09 Å². The van der Waals surface area contributed by atoms with Gasteiger partial charge in [-0.2, -0.15) is 0 Å². The number of carbonyl (C=O) groups is 1. The maximum absolute atomic E-state index is 11.5. The molecule has 1 amide bonds. The Labute approximate surface area is 101 Å². The molecule has 1 atom stereocenters. The maximum Gasteiger partial charge on any atom is 0.407 e. The Morgan fingerprint density at radius 2 is 2.18 bits per heavy atom. The maximum atomic E-state index is 11.5. The van der Waals surface area contributed by atoms with E-state index >= 15 is 0 Å². The van der Waals surface area contributed by atoms with E-state index < -0.39 is 17.3 Å². The predicted octanol–water partition coefficient (Wildman–Crippen LogP) is 1.05. The Kier molecular flexibility index (Phi) is 3.08. The summed E-state index contributed by atoms with van der Waals surface area (Å²) < 4.78 is 10.6. The highest BCUT2D eigenvalue weighted by Gasteiger charge is 2.50. The first-order chi connectivity index (χ1) is 7.78. The smallest absolute Gasteiger partial charge is 0.407 e. The largest absolute Gasteiger partial charge is 0.444 e. The number of hydrogen-bond acceptors (Lipinski definition) is 4. The first-order valence-corrected chi connectivity index (χ1v) is 6.09. The summed E-state index contributed by atoms with van der Waals surface area (Å²) in [4.78, 5) is 11.5. The van der Waals surface area contributed by atoms with Crippen LogP contribution in [0.4, 0.5) is 4.79 Å². The minimum absolute atomic E-state index is 0.194. The molecule has 0 radical (unpaired) electrons. The van der Waals surface area contributed by atoms with Crippen molar-refractivity contribution in [3.05, 3.63) is 0 Å². The predicted molar refractivity (Wildman–Crippen MR) is 61.7 cm³/mol. The van der Waals surface area contributed by atoms with Crippen LogP contribution in [0.15, 0.2) is 0 Å². The van der Waals surface area contributed by atoms with Crippen molar-refractivity contribution in [1.29, 1.82) is 0 Å². The molecule has 98 valence electrons. The third kappa shape index (κ3) is 2.90. The molecule has 0 aromatic heterocycles. The number of rotatable bonds is 2. The van der Waals surface area contributed by atoms with Crippen LogP contribution in [0.5, 0.6) is 0 Å². The molecule has 0 aromatic rings. The Morgan fingerprint density at radius 3 is 2.65 bits per heavy atom. The molecule has 17 heavy (non-hydrogen) atoms. The van der Waals surface area contributed by atoms with Gasteiger partial charge in [-0.15, -0.1) is 0 Å². The molecule has 1 unspecified atom stereocenters. The summed E-state index contributed by atoms with van der Waals surface area (Å²) in [5.74, 6) is 0.246. The second-order valence-corrected chi connectivity index (χ2v) is 6.06. The van der Waals surface area contributed by atoms with Crippen LogP contribution in [0.25, 0.3) is 0 Å². The molecule has 2 bridgehead atoms. The van der Waals surface area contributed by atoms with E-state index in [1.165, 1.54) is 0 Å². The van der Waals surface area contributed by atoms with Gasteiger partial charge in [0.2, 0.25) is 0 Å². The van der Waals surface area contributed by atoms with E-state index in [1.54, 1.807) is 0 Å². The van der Waals surface area contributed by atoms with Crippen LogP contribution in [-0.4, -0.2) is 41.7 Å². The fourth-order valence-electron chi connectivity index (χ4n) is 2.26. The summed E-state index contributed by atoms with van der Waals surface area (Å²) in [6.07, 6.45) is 1.62. The number of nitrogens with one attached hydrogen (secondary N) is 1. The zero-order valence-corrected chi connectivity index (χ0v) is 10.7. The molecule has 5 nitrogen and oxygen atoms in total. The summed E-state index contributed by atoms with van der Waals surface area (Å²) >= 11 is 0. The highest BCUT2D eigenvalue weighted by molar-refractivity contribution is 5.67. The third-order valence-corrected chi connectivity index (χ3v) is 3.36. The average molecular weight is 243 g/mol. The fraction of sp³-hybridized carbons (Fsp3) is 0.917. The van der Waals surface area contributed by atoms with Crippen molar-refractivity contribution in [3.63, 3.8) is 0 Å². The van der Waals surface area contributed by atoms with Gasteiger partial charge in [0.1, 0.15) is 11.2 Å². The minimum atomic E-state index is -0.925. The lowest BCUT2D eigenvalue weighted by Crippen LogP contribution is -2.62. The van der Waals surface area contributed by atoms with Crippen molar-refractivity contribution >= 4 is 6.09 Å². The Bertz CT molecular complexity index is 303. The topological polar surface area (TPSA) is 67.8 Å². The van der Waals surface area contributed by atoms with Crippen LogP contribution in [0.1, 0.15) is 33.6 Å². The second kappa shape index (κ2) is 4.14. The molecule has 2 aliphatic heterocycles. The number of amides is 1. The quantitative estimate of drug-likeness (QED) is 0.760. The summed E-state index contributed by atoms with van der Waals surface area (Å²) in [6, 6.07) is 0. The number of fused-ring (bicyclic) bond motifs is 2. The molecule has 2 N–H and O–H groups in total. The third-order valence-electron chi connectivity index (χ3n) is 3.36. The first-order valence-electron chi connectivity index (χ1n) is 6.09. The van der Waals surface area contributed by atoms with Crippen molar-refractivity contribution in [2.24, 2.45) is 5.92 Å². The van der Waals surface area contributed by atoms with Crippen LogP contribution in [0, 0.1) is 5.92 Å². The van der Waals surface area contributed by atoms with Crippen molar-refractivity contribution < 1.29 is 19.4 Å². The monoisotopic (exact) mass is 243 g/mol. The molecule has 1 saturated carbocycles. The van der Waals surface area contributed by atoms with Crippen molar-refractivity contribution in [3.8, 4) is 0 Å². The lowest BCUT2D eigenvalue weighted by atomic mass is 9.68. The second-order valence-electron chi connectivity index (χ2n) is 6.06. The van der Waals surface area contributed by atoms with Crippen LogP contribution in [-0.2, 0) is 9.47 Å². The first kappa shape index (κ1) is 12.6. The van der Waals surface area contributed by atoms with E-state index in [1.807, 2.05) is 20.8 Å². The van der Waals surface area contributed by atoms with E-state index in [-0.39, 0.29) is 12.5 Å². The Morgan fingerprint density at radius 1 is 1.53 bits per heavy atom. The average Bonchev–Trinajstić information content (AvgIpc) is 2.11. The van der Waals surface area contributed by atoms with Crippen LogP contribution < -0.4 is 5.32 Å². The number of aliphatic hydroxyl groups is 1. The highest BCUT2D eigenvalue weighted by atomic mass is 16.6. The van der Waals surface area contributed by atoms with Gasteiger partial charge in [0.25, 0.3) is 0 Å². The zero-order valence-electron chi connectivity index (χ0n) is 10.7. The van der Waals surface area contributed by atoms with Crippen LogP contribution in [0.3, 0.4) is 0 Å². The summed E-state index contributed by atoms with van der Waals surface area (Å²) in [6.45, 7) is 5.92. The molecular weight excluding hydrogens is 222 g/mol.